The summed E-state index contributed by atoms with van der Waals surface area (Å²) in [6.07, 6.45) is 3.66. The van der Waals surface area contributed by atoms with Crippen LogP contribution in [0.1, 0.15) is 45.2 Å². The summed E-state index contributed by atoms with van der Waals surface area (Å²) in [7, 11) is 0. The van der Waals surface area contributed by atoms with Gasteiger partial charge in [0.15, 0.2) is 11.6 Å². The van der Waals surface area contributed by atoms with E-state index in [-0.39, 0.29) is 11.8 Å². The number of hydrogen-bond acceptors (Lipinski definition) is 6. The first-order valence-electron chi connectivity index (χ1n) is 23.0. The van der Waals surface area contributed by atoms with E-state index in [4.69, 9.17) is 19.9 Å². The third-order valence-corrected chi connectivity index (χ3v) is 13.4. The van der Waals surface area contributed by atoms with Crippen LogP contribution in [0, 0.1) is 0 Å². The smallest absolute Gasteiger partial charge is 0.160 e. The van der Waals surface area contributed by atoms with E-state index in [0.717, 1.165) is 78.7 Å². The lowest BCUT2D eigenvalue weighted by Crippen LogP contribution is -2.27. The Hall–Kier alpha value is -9.00. The van der Waals surface area contributed by atoms with Crippen LogP contribution in [0.5, 0.6) is 0 Å². The summed E-state index contributed by atoms with van der Waals surface area (Å²) < 4.78 is 0. The van der Waals surface area contributed by atoms with Crippen LogP contribution in [0.4, 0.5) is 0 Å². The first-order chi connectivity index (χ1) is 33.7. The van der Waals surface area contributed by atoms with E-state index in [1.54, 1.807) is 0 Å². The molecule has 0 fully saturated rings. The summed E-state index contributed by atoms with van der Waals surface area (Å²) in [6.45, 7) is 0. The standard InChI is InChI=1S/C62H40N6/c1-3-15-39(16-4-1)55-37-57(43-21-13-19-41(33-43)53-25-9-11-31-63-53)67-61(65-55)45-27-29-49-51(35-45)59-47-23-7-8-24-48(47)60(49)52-36-46(28-30-50(52)59)62-66-56(40-17-5-2-6-18-40)38-58(68-62)44-22-14-20-42(34-44)54-26-10-12-32-64-54/h1-38,59-60H. The van der Waals surface area contributed by atoms with Crippen LogP contribution in [0.15, 0.2) is 231 Å². The Bertz CT molecular complexity index is 3440. The Morgan fingerprint density at radius 1 is 0.221 bits per heavy atom. The van der Waals surface area contributed by atoms with Crippen LogP contribution in [0.2, 0.25) is 0 Å². The first-order valence-corrected chi connectivity index (χ1v) is 23.0. The summed E-state index contributed by atoms with van der Waals surface area (Å²) in [4.78, 5) is 30.4. The van der Waals surface area contributed by atoms with E-state index < -0.39 is 0 Å². The Labute approximate surface area is 394 Å². The van der Waals surface area contributed by atoms with Crippen molar-refractivity contribution in [2.45, 2.75) is 11.8 Å². The molecule has 0 N–H and O–H groups in total. The fraction of sp³-hybridized carbons (Fsp3) is 0.0323. The average Bonchev–Trinajstić information content (AvgIpc) is 3.43. The highest BCUT2D eigenvalue weighted by atomic mass is 14.9. The molecule has 0 spiro atoms. The van der Waals surface area contributed by atoms with Crippen molar-refractivity contribution in [3.05, 3.63) is 264 Å². The van der Waals surface area contributed by atoms with Gasteiger partial charge in [-0.3, -0.25) is 9.97 Å². The molecule has 2 unspecified atom stereocenters. The molecule has 4 heterocycles. The van der Waals surface area contributed by atoms with Crippen molar-refractivity contribution in [3.63, 3.8) is 0 Å². The number of pyridine rings is 2. The molecule has 0 amide bonds. The minimum absolute atomic E-state index is 0.0310. The maximum absolute atomic E-state index is 5.31. The van der Waals surface area contributed by atoms with Crippen molar-refractivity contribution in [1.29, 1.82) is 0 Å². The molecule has 14 rings (SSSR count). The molecule has 0 radical (unpaired) electrons. The van der Waals surface area contributed by atoms with Gasteiger partial charge in [-0.25, -0.2) is 19.9 Å². The first kappa shape index (κ1) is 39.4. The van der Waals surface area contributed by atoms with Gasteiger partial charge in [0.2, 0.25) is 0 Å². The van der Waals surface area contributed by atoms with Crippen LogP contribution >= 0.6 is 0 Å². The molecule has 0 aliphatic heterocycles. The summed E-state index contributed by atoms with van der Waals surface area (Å²) in [5.41, 5.74) is 21.3. The van der Waals surface area contributed by atoms with Crippen molar-refractivity contribution >= 4 is 0 Å². The molecular formula is C62H40N6. The fourth-order valence-electron chi connectivity index (χ4n) is 10.2. The molecule has 7 aromatic carbocycles. The highest BCUT2D eigenvalue weighted by molar-refractivity contribution is 5.79. The Balaban J connectivity index is 0.922. The van der Waals surface area contributed by atoms with Crippen LogP contribution in [0.25, 0.3) is 90.3 Å². The lowest BCUT2D eigenvalue weighted by atomic mass is 9.61. The molecule has 318 valence electrons. The molecule has 3 aliphatic rings. The highest BCUT2D eigenvalue weighted by Gasteiger charge is 2.41. The third kappa shape index (κ3) is 6.98. The quantitative estimate of drug-likeness (QED) is 0.151. The molecule has 11 aromatic rings. The Morgan fingerprint density at radius 2 is 0.574 bits per heavy atom. The monoisotopic (exact) mass is 868 g/mol. The maximum atomic E-state index is 5.31. The van der Waals surface area contributed by atoms with Gasteiger partial charge in [0.1, 0.15) is 0 Å². The van der Waals surface area contributed by atoms with Gasteiger partial charge in [-0.15, -0.1) is 0 Å². The van der Waals surface area contributed by atoms with E-state index in [2.05, 4.69) is 180 Å². The second-order valence-corrected chi connectivity index (χ2v) is 17.4. The minimum Gasteiger partial charge on any atom is -0.256 e. The number of nitrogens with zero attached hydrogens (tertiary/aromatic N) is 6. The molecule has 4 aromatic heterocycles. The van der Waals surface area contributed by atoms with E-state index in [1.165, 1.54) is 33.4 Å². The normalized spacial score (nSPS) is 14.2. The maximum Gasteiger partial charge on any atom is 0.160 e. The largest absolute Gasteiger partial charge is 0.256 e. The molecule has 6 heteroatoms. The number of aromatic nitrogens is 6. The molecule has 68 heavy (non-hydrogen) atoms. The lowest BCUT2D eigenvalue weighted by Gasteiger charge is -2.42. The van der Waals surface area contributed by atoms with Crippen LogP contribution in [0.3, 0.4) is 0 Å². The molecule has 0 saturated heterocycles. The summed E-state index contributed by atoms with van der Waals surface area (Å²) in [5.74, 6) is 1.44. The highest BCUT2D eigenvalue weighted by Crippen LogP contribution is 2.56. The molecule has 0 saturated carbocycles. The van der Waals surface area contributed by atoms with Crippen LogP contribution in [-0.2, 0) is 0 Å². The number of hydrogen-bond donors (Lipinski definition) is 0. The molecule has 6 nitrogen and oxygen atoms in total. The van der Waals surface area contributed by atoms with Gasteiger partial charge in [0.25, 0.3) is 0 Å². The zero-order chi connectivity index (χ0) is 45.0. The van der Waals surface area contributed by atoms with E-state index >= 15 is 0 Å². The van der Waals surface area contributed by atoms with Gasteiger partial charge in [-0.1, -0.05) is 158 Å². The second kappa shape index (κ2) is 16.5. The van der Waals surface area contributed by atoms with E-state index in [1.807, 2.05) is 60.9 Å². The minimum atomic E-state index is 0.0310. The summed E-state index contributed by atoms with van der Waals surface area (Å²) in [6, 6.07) is 76.5. The second-order valence-electron chi connectivity index (χ2n) is 17.4. The van der Waals surface area contributed by atoms with Crippen molar-refractivity contribution < 1.29 is 0 Å². The van der Waals surface area contributed by atoms with E-state index in [9.17, 15) is 0 Å². The fourth-order valence-corrected chi connectivity index (χ4v) is 10.2. The van der Waals surface area contributed by atoms with Gasteiger partial charge in [-0.2, -0.15) is 0 Å². The summed E-state index contributed by atoms with van der Waals surface area (Å²) >= 11 is 0. The van der Waals surface area contributed by atoms with Gasteiger partial charge in [0.05, 0.1) is 34.2 Å². The van der Waals surface area contributed by atoms with Crippen LogP contribution in [-0.4, -0.2) is 29.9 Å². The van der Waals surface area contributed by atoms with Crippen LogP contribution < -0.4 is 0 Å². The molecule has 2 bridgehead atoms. The average molecular weight is 869 g/mol. The number of benzene rings is 7. The summed E-state index contributed by atoms with van der Waals surface area (Å²) in [5, 5.41) is 0. The zero-order valence-electron chi connectivity index (χ0n) is 36.8. The molecule has 2 atom stereocenters. The van der Waals surface area contributed by atoms with Crippen molar-refractivity contribution in [3.8, 4) is 90.3 Å². The van der Waals surface area contributed by atoms with Crippen molar-refractivity contribution in [2.75, 3.05) is 0 Å². The zero-order valence-corrected chi connectivity index (χ0v) is 36.8. The SMILES string of the molecule is c1ccc(-c2cc(-c3cccc(-c4ccccn4)c3)nc(-c3ccc4c(c3)C3c5ccccc5C4c4cc(-c5nc(-c6ccccc6)cc(-c6cccc(-c7ccccn7)c6)n5)ccc43)n2)cc1. The van der Waals surface area contributed by atoms with Gasteiger partial charge < -0.3 is 0 Å². The predicted molar refractivity (Wildman–Crippen MR) is 271 cm³/mol. The van der Waals surface area contributed by atoms with Gasteiger partial charge in [0, 0.05) is 68.7 Å². The molecule has 3 aliphatic carbocycles. The molecular weight excluding hydrogens is 829 g/mol. The van der Waals surface area contributed by atoms with Crippen molar-refractivity contribution in [2.24, 2.45) is 0 Å². The third-order valence-electron chi connectivity index (χ3n) is 13.4. The van der Waals surface area contributed by atoms with Gasteiger partial charge in [-0.05, 0) is 94.0 Å². The predicted octanol–water partition coefficient (Wildman–Crippen LogP) is 14.4. The van der Waals surface area contributed by atoms with Crippen molar-refractivity contribution in [1.82, 2.24) is 29.9 Å². The van der Waals surface area contributed by atoms with E-state index in [0.29, 0.717) is 11.6 Å². The van der Waals surface area contributed by atoms with Gasteiger partial charge >= 0.3 is 0 Å². The Morgan fingerprint density at radius 3 is 0.985 bits per heavy atom. The Kier molecular flexibility index (Phi) is 9.53. The number of rotatable bonds is 8. The lowest BCUT2D eigenvalue weighted by molar-refractivity contribution is 0.754. The topological polar surface area (TPSA) is 77.3 Å².